The lowest BCUT2D eigenvalue weighted by atomic mass is 9.90. The van der Waals surface area contributed by atoms with Crippen LogP contribution in [0.4, 0.5) is 0 Å². The third kappa shape index (κ3) is 2.75. The molecule has 0 amide bonds. The maximum atomic E-state index is 13.2. The molecule has 0 saturated carbocycles. The molecule has 4 rings (SSSR count). The molecule has 6 nitrogen and oxygen atoms in total. The number of carbonyl (C=O) groups excluding carboxylic acids is 2. The van der Waals surface area contributed by atoms with Crippen molar-refractivity contribution in [3.05, 3.63) is 40.7 Å². The molecule has 1 aliphatic carbocycles. The lowest BCUT2D eigenvalue weighted by molar-refractivity contribution is 0.0943. The molecule has 0 aromatic heterocycles. The molecule has 8 heteroatoms. The molecule has 3 aliphatic rings. The van der Waals surface area contributed by atoms with Gasteiger partial charge in [-0.25, -0.2) is 8.42 Å². The van der Waals surface area contributed by atoms with E-state index >= 15 is 0 Å². The van der Waals surface area contributed by atoms with E-state index in [9.17, 15) is 18.0 Å². The summed E-state index contributed by atoms with van der Waals surface area (Å²) < 4.78 is 25.3. The van der Waals surface area contributed by atoms with Gasteiger partial charge in [-0.2, -0.15) is 0 Å². The lowest BCUT2D eigenvalue weighted by Crippen LogP contribution is -2.31. The van der Waals surface area contributed by atoms with E-state index in [2.05, 4.69) is 0 Å². The molecule has 0 unspecified atom stereocenters. The third-order valence-corrected chi connectivity index (χ3v) is 6.66. The number of fused-ring (bicyclic) bond motifs is 1. The number of hydrogen-bond acceptors (Lipinski definition) is 6. The van der Waals surface area contributed by atoms with E-state index in [0.717, 1.165) is 13.1 Å². The molecule has 132 valence electrons. The Balaban J connectivity index is 1.88. The van der Waals surface area contributed by atoms with E-state index in [4.69, 9.17) is 11.6 Å². The molecule has 2 heterocycles. The summed E-state index contributed by atoms with van der Waals surface area (Å²) in [5, 5.41) is 0. The van der Waals surface area contributed by atoms with Crippen molar-refractivity contribution in [2.75, 3.05) is 37.8 Å². The molecular formula is C17H17ClN2O4S. The van der Waals surface area contributed by atoms with E-state index in [1.54, 1.807) is 6.07 Å². The van der Waals surface area contributed by atoms with Gasteiger partial charge in [0.2, 0.25) is 11.6 Å². The van der Waals surface area contributed by atoms with E-state index in [0.29, 0.717) is 30.9 Å². The number of allylic oxidation sites excluding steroid dienone is 2. The van der Waals surface area contributed by atoms with Crippen LogP contribution in [0, 0.1) is 0 Å². The Morgan fingerprint density at radius 3 is 2.12 bits per heavy atom. The van der Waals surface area contributed by atoms with Crippen LogP contribution in [0.2, 0.25) is 0 Å². The fourth-order valence-corrected chi connectivity index (χ4v) is 5.00. The summed E-state index contributed by atoms with van der Waals surface area (Å²) in [7, 11) is -3.68. The van der Waals surface area contributed by atoms with Crippen molar-refractivity contribution in [2.24, 2.45) is 0 Å². The standard InChI is InChI=1S/C17H17ClN2O4S/c18-5-2-10-25(23,24)12-4-1-3-11-13(12)17(22)15(20-8-9-20)14(16(11)21)19-6-7-19/h1,3-4H,2,5-10H2. The monoisotopic (exact) mass is 380 g/mol. The van der Waals surface area contributed by atoms with Crippen molar-refractivity contribution in [3.63, 3.8) is 0 Å². The number of ketones is 2. The highest BCUT2D eigenvalue weighted by Crippen LogP contribution is 2.37. The van der Waals surface area contributed by atoms with Crippen LogP contribution in [-0.4, -0.2) is 67.6 Å². The van der Waals surface area contributed by atoms with Gasteiger partial charge in [0.25, 0.3) is 0 Å². The number of benzene rings is 1. The fraction of sp³-hybridized carbons (Fsp3) is 0.412. The van der Waals surface area contributed by atoms with Crippen molar-refractivity contribution in [3.8, 4) is 0 Å². The van der Waals surface area contributed by atoms with Gasteiger partial charge in [0.1, 0.15) is 11.4 Å². The summed E-state index contributed by atoms with van der Waals surface area (Å²) in [4.78, 5) is 29.8. The first-order valence-corrected chi connectivity index (χ1v) is 10.4. The van der Waals surface area contributed by atoms with Gasteiger partial charge in [0, 0.05) is 37.6 Å². The number of carbonyl (C=O) groups is 2. The van der Waals surface area contributed by atoms with Crippen LogP contribution in [-0.2, 0) is 9.84 Å². The van der Waals surface area contributed by atoms with Crippen molar-refractivity contribution in [1.29, 1.82) is 0 Å². The second-order valence-electron chi connectivity index (χ2n) is 6.37. The smallest absolute Gasteiger partial charge is 0.213 e. The molecule has 0 atom stereocenters. The normalized spacial score (nSPS) is 19.4. The molecule has 1 aromatic carbocycles. The molecule has 0 bridgehead atoms. The van der Waals surface area contributed by atoms with Crippen molar-refractivity contribution in [1.82, 2.24) is 9.80 Å². The zero-order chi connectivity index (χ0) is 17.8. The average Bonchev–Trinajstić information content (AvgIpc) is 3.47. The second-order valence-corrected chi connectivity index (χ2v) is 8.83. The Hall–Kier alpha value is -1.86. The Morgan fingerprint density at radius 1 is 0.960 bits per heavy atom. The van der Waals surface area contributed by atoms with Crippen LogP contribution in [0.5, 0.6) is 0 Å². The van der Waals surface area contributed by atoms with Gasteiger partial charge in [0.15, 0.2) is 9.84 Å². The predicted octanol–water partition coefficient (Wildman–Crippen LogP) is 1.31. The molecule has 2 saturated heterocycles. The summed E-state index contributed by atoms with van der Waals surface area (Å²) >= 11 is 5.62. The average molecular weight is 381 g/mol. The first-order valence-electron chi connectivity index (χ1n) is 8.21. The molecule has 2 aliphatic heterocycles. The van der Waals surface area contributed by atoms with Crippen LogP contribution in [0.1, 0.15) is 27.1 Å². The molecule has 2 fully saturated rings. The highest BCUT2D eigenvalue weighted by atomic mass is 35.5. The van der Waals surface area contributed by atoms with E-state index in [1.165, 1.54) is 12.1 Å². The van der Waals surface area contributed by atoms with E-state index in [1.807, 2.05) is 9.80 Å². The molecule has 1 aromatic rings. The Kier molecular flexibility index (Phi) is 3.88. The quantitative estimate of drug-likeness (QED) is 0.547. The minimum Gasteiger partial charge on any atom is -0.363 e. The number of rotatable bonds is 6. The summed E-state index contributed by atoms with van der Waals surface area (Å²) in [5.74, 6) is -0.544. The number of alkyl halides is 1. The molecule has 25 heavy (non-hydrogen) atoms. The summed E-state index contributed by atoms with van der Waals surface area (Å²) in [5.41, 5.74) is 0.985. The summed E-state index contributed by atoms with van der Waals surface area (Å²) in [6, 6.07) is 4.48. The second kappa shape index (κ2) is 5.85. The molecular weight excluding hydrogens is 364 g/mol. The maximum absolute atomic E-state index is 13.2. The van der Waals surface area contributed by atoms with Crippen LogP contribution in [0.3, 0.4) is 0 Å². The van der Waals surface area contributed by atoms with Crippen LogP contribution in [0.25, 0.3) is 0 Å². The topological polar surface area (TPSA) is 74.3 Å². The highest BCUT2D eigenvalue weighted by molar-refractivity contribution is 7.91. The largest absolute Gasteiger partial charge is 0.363 e. The van der Waals surface area contributed by atoms with Gasteiger partial charge in [-0.1, -0.05) is 12.1 Å². The number of Topliss-reactive ketones (excluding diaryl/α,β-unsaturated/α-hetero) is 2. The van der Waals surface area contributed by atoms with Gasteiger partial charge in [-0.15, -0.1) is 11.6 Å². The number of halogens is 1. The number of nitrogens with zero attached hydrogens (tertiary/aromatic N) is 2. The number of hydrogen-bond donors (Lipinski definition) is 0. The highest BCUT2D eigenvalue weighted by Gasteiger charge is 2.44. The van der Waals surface area contributed by atoms with Crippen LogP contribution >= 0.6 is 11.6 Å². The Morgan fingerprint density at radius 2 is 1.56 bits per heavy atom. The lowest BCUT2D eigenvalue weighted by Gasteiger charge is -2.24. The first kappa shape index (κ1) is 16.6. The van der Waals surface area contributed by atoms with Crippen LogP contribution < -0.4 is 0 Å². The first-order chi connectivity index (χ1) is 12.0. The van der Waals surface area contributed by atoms with Gasteiger partial charge < -0.3 is 9.80 Å². The molecule has 0 radical (unpaired) electrons. The van der Waals surface area contributed by atoms with Gasteiger partial charge in [-0.05, 0) is 12.5 Å². The van der Waals surface area contributed by atoms with Crippen molar-refractivity contribution < 1.29 is 18.0 Å². The van der Waals surface area contributed by atoms with E-state index < -0.39 is 9.84 Å². The minimum atomic E-state index is -3.68. The van der Waals surface area contributed by atoms with E-state index in [-0.39, 0.29) is 39.2 Å². The zero-order valence-electron chi connectivity index (χ0n) is 13.5. The Labute approximate surface area is 151 Å². The maximum Gasteiger partial charge on any atom is 0.213 e. The van der Waals surface area contributed by atoms with Gasteiger partial charge in [-0.3, -0.25) is 9.59 Å². The Bertz CT molecular complexity index is 915. The SMILES string of the molecule is O=C1C(N2CC2)=C(N2CC2)C(=O)c2c1cccc2S(=O)(=O)CCCCl. The predicted molar refractivity (Wildman–Crippen MR) is 92.7 cm³/mol. The third-order valence-electron chi connectivity index (χ3n) is 4.56. The van der Waals surface area contributed by atoms with Crippen molar-refractivity contribution in [2.45, 2.75) is 11.3 Å². The minimum absolute atomic E-state index is 0.0228. The summed E-state index contributed by atoms with van der Waals surface area (Å²) in [6.45, 7) is 2.91. The van der Waals surface area contributed by atoms with Gasteiger partial charge in [0.05, 0.1) is 16.2 Å². The number of sulfone groups is 1. The molecule has 0 spiro atoms. The van der Waals surface area contributed by atoms with Crippen molar-refractivity contribution >= 4 is 33.0 Å². The zero-order valence-corrected chi connectivity index (χ0v) is 15.1. The summed E-state index contributed by atoms with van der Waals surface area (Å²) in [6.07, 6.45) is 0.295. The fourth-order valence-electron chi connectivity index (χ4n) is 3.16. The molecule has 0 N–H and O–H groups in total. The van der Waals surface area contributed by atoms with Gasteiger partial charge >= 0.3 is 0 Å². The van der Waals surface area contributed by atoms with Crippen LogP contribution in [0.15, 0.2) is 34.5 Å².